The van der Waals surface area contributed by atoms with Gasteiger partial charge in [0.15, 0.2) is 5.78 Å². The fraction of sp³-hybridized carbons (Fsp3) is 0.357. The molecule has 0 saturated carbocycles. The van der Waals surface area contributed by atoms with Crippen molar-refractivity contribution in [3.8, 4) is 0 Å². The van der Waals surface area contributed by atoms with Crippen LogP contribution in [0.4, 0.5) is 5.69 Å². The van der Waals surface area contributed by atoms with E-state index in [1.165, 1.54) is 0 Å². The lowest BCUT2D eigenvalue weighted by Gasteiger charge is -2.12. The first-order valence-corrected chi connectivity index (χ1v) is 6.48. The summed E-state index contributed by atoms with van der Waals surface area (Å²) >= 11 is 0. The second-order valence-electron chi connectivity index (χ2n) is 4.67. The summed E-state index contributed by atoms with van der Waals surface area (Å²) in [6.07, 6.45) is 1.48. The molecule has 0 radical (unpaired) electrons. The molecule has 6 nitrogen and oxygen atoms in total. The Bertz CT molecular complexity index is 537. The van der Waals surface area contributed by atoms with Crippen LogP contribution >= 0.6 is 0 Å². The van der Waals surface area contributed by atoms with Gasteiger partial charge in [-0.3, -0.25) is 14.7 Å². The van der Waals surface area contributed by atoms with Crippen LogP contribution in [0.15, 0.2) is 24.3 Å². The van der Waals surface area contributed by atoms with Gasteiger partial charge in [0.1, 0.15) is 5.69 Å². The van der Waals surface area contributed by atoms with Crippen molar-refractivity contribution >= 4 is 23.3 Å². The quantitative estimate of drug-likeness (QED) is 0.458. The van der Waals surface area contributed by atoms with Crippen molar-refractivity contribution in [3.63, 3.8) is 0 Å². The zero-order valence-electron chi connectivity index (χ0n) is 11.0. The van der Waals surface area contributed by atoms with Crippen molar-refractivity contribution in [1.82, 2.24) is 0 Å². The smallest absolute Gasteiger partial charge is 0.303 e. The molecule has 106 valence electrons. The first-order chi connectivity index (χ1) is 9.61. The predicted octanol–water partition coefficient (Wildman–Crippen LogP) is 0.311. The molecule has 0 aliphatic carbocycles. The molecule has 6 heteroatoms. The zero-order chi connectivity index (χ0) is 14.5. The summed E-state index contributed by atoms with van der Waals surface area (Å²) in [7, 11) is 0. The molecule has 0 bridgehead atoms. The molecule has 0 amide bonds. The highest BCUT2D eigenvalue weighted by Crippen LogP contribution is 2.21. The molecule has 0 aromatic heterocycles. The van der Waals surface area contributed by atoms with Crippen molar-refractivity contribution < 1.29 is 19.9 Å². The third-order valence-electron chi connectivity index (χ3n) is 3.31. The monoisotopic (exact) mass is 276 g/mol. The molecule has 1 aromatic carbocycles. The van der Waals surface area contributed by atoms with Crippen LogP contribution in [0.1, 0.15) is 36.0 Å². The number of anilines is 1. The van der Waals surface area contributed by atoms with Gasteiger partial charge in [-0.25, -0.2) is 4.90 Å². The van der Waals surface area contributed by atoms with Gasteiger partial charge in [-0.15, -0.1) is 0 Å². The number of hydrogen-bond donors (Lipinski definition) is 2. The lowest BCUT2D eigenvalue weighted by atomic mass is 10.1. The van der Waals surface area contributed by atoms with E-state index in [-0.39, 0.29) is 18.6 Å². The number of ketones is 1. The summed E-state index contributed by atoms with van der Waals surface area (Å²) in [5.41, 5.74) is 1.35. The number of carboxylic acids is 1. The molecular formula is C14H16N2O4. The first kappa shape index (κ1) is 14.0. The van der Waals surface area contributed by atoms with Crippen LogP contribution in [-0.4, -0.2) is 29.2 Å². The maximum absolute atomic E-state index is 11.8. The van der Waals surface area contributed by atoms with Gasteiger partial charge in [-0.2, -0.15) is 0 Å². The minimum atomic E-state index is -0.979. The third-order valence-corrected chi connectivity index (χ3v) is 3.31. The Balaban J connectivity index is 2.06. The molecule has 0 atom stereocenters. The summed E-state index contributed by atoms with van der Waals surface area (Å²) in [6, 6.07) is 6.88. The minimum Gasteiger partial charge on any atom is -0.717 e. The number of amidine groups is 1. The highest BCUT2D eigenvalue weighted by atomic mass is 16.4. The van der Waals surface area contributed by atoms with Crippen LogP contribution in [0.25, 0.3) is 0 Å². The van der Waals surface area contributed by atoms with Gasteiger partial charge in [0.25, 0.3) is 5.84 Å². The van der Waals surface area contributed by atoms with Crippen molar-refractivity contribution in [2.75, 3.05) is 11.4 Å². The second kappa shape index (κ2) is 6.18. The average Bonchev–Trinajstić information content (AvgIpc) is 2.93. The minimum absolute atomic E-state index is 0.00210. The molecule has 20 heavy (non-hydrogen) atoms. The van der Waals surface area contributed by atoms with Crippen LogP contribution in [0, 0.1) is 5.21 Å². The Hall–Kier alpha value is -2.37. The molecule has 1 aromatic rings. The third kappa shape index (κ3) is 3.14. The summed E-state index contributed by atoms with van der Waals surface area (Å²) in [5.74, 6) is -0.533. The van der Waals surface area contributed by atoms with E-state index in [1.54, 1.807) is 24.3 Å². The van der Waals surface area contributed by atoms with E-state index in [1.807, 2.05) is 10.1 Å². The number of benzene rings is 1. The summed E-state index contributed by atoms with van der Waals surface area (Å²) in [5, 5.41) is 21.3. The summed E-state index contributed by atoms with van der Waals surface area (Å²) < 4.78 is 0. The molecule has 2 N–H and O–H groups in total. The number of nitrogens with zero attached hydrogens (tertiary/aromatic N) is 1. The molecule has 1 saturated heterocycles. The van der Waals surface area contributed by atoms with Crippen molar-refractivity contribution in [2.24, 2.45) is 0 Å². The summed E-state index contributed by atoms with van der Waals surface area (Å²) in [4.78, 5) is 24.1. The molecule has 1 fully saturated rings. The van der Waals surface area contributed by atoms with Crippen molar-refractivity contribution in [2.45, 2.75) is 25.7 Å². The fourth-order valence-electron chi connectivity index (χ4n) is 2.26. The van der Waals surface area contributed by atoms with Gasteiger partial charge in [0.05, 0.1) is 19.4 Å². The maximum atomic E-state index is 11.8. The number of rotatable bonds is 5. The fourth-order valence-corrected chi connectivity index (χ4v) is 2.26. The molecule has 0 spiro atoms. The van der Waals surface area contributed by atoms with E-state index in [9.17, 15) is 14.8 Å². The Labute approximate surface area is 116 Å². The number of nitrogens with one attached hydrogen (secondary N) is 1. The van der Waals surface area contributed by atoms with Gasteiger partial charge < -0.3 is 10.3 Å². The average molecular weight is 276 g/mol. The molecule has 1 aliphatic rings. The number of carbonyl (C=O) groups is 2. The molecule has 1 heterocycles. The van der Waals surface area contributed by atoms with Gasteiger partial charge in [0, 0.05) is 12.0 Å². The van der Waals surface area contributed by atoms with Crippen LogP contribution < -0.4 is 10.1 Å². The van der Waals surface area contributed by atoms with Crippen LogP contribution in [0.5, 0.6) is 0 Å². The SMILES string of the molecule is O=C(O)CCC(=O)c1ccc(N2CCC/C2=[NH+]\[O-])cc1. The standard InChI is InChI=1S/C14H16N2O4/c17-12(7-8-14(18)19)10-3-5-11(6-4-10)16-9-1-2-13(16)15-20/h3-6,15H,1-2,7-9H2,(H-,18,19,20)/b15-13+. The van der Waals surface area contributed by atoms with Crippen LogP contribution in [0.2, 0.25) is 0 Å². The van der Waals surface area contributed by atoms with E-state index >= 15 is 0 Å². The highest BCUT2D eigenvalue weighted by Gasteiger charge is 2.26. The molecule has 1 aliphatic heterocycles. The van der Waals surface area contributed by atoms with Gasteiger partial charge in [-0.1, -0.05) is 0 Å². The zero-order valence-corrected chi connectivity index (χ0v) is 11.0. The Morgan fingerprint density at radius 3 is 2.55 bits per heavy atom. The molecule has 0 unspecified atom stereocenters. The maximum Gasteiger partial charge on any atom is 0.303 e. The molecule has 2 rings (SSSR count). The number of aliphatic carboxylic acids is 1. The Morgan fingerprint density at radius 2 is 1.95 bits per heavy atom. The first-order valence-electron chi connectivity index (χ1n) is 6.48. The van der Waals surface area contributed by atoms with Crippen molar-refractivity contribution in [3.05, 3.63) is 35.0 Å². The predicted molar refractivity (Wildman–Crippen MR) is 73.6 cm³/mol. The molecular weight excluding hydrogens is 260 g/mol. The normalized spacial score (nSPS) is 16.6. The van der Waals surface area contributed by atoms with E-state index in [4.69, 9.17) is 5.11 Å². The number of carbonyl (C=O) groups excluding carboxylic acids is 1. The number of carboxylic acid groups (broad SMARTS) is 1. The van der Waals surface area contributed by atoms with Gasteiger partial charge >= 0.3 is 5.97 Å². The van der Waals surface area contributed by atoms with Gasteiger partial charge in [-0.05, 0) is 30.7 Å². The highest BCUT2D eigenvalue weighted by molar-refractivity contribution is 5.99. The second-order valence-corrected chi connectivity index (χ2v) is 4.67. The largest absolute Gasteiger partial charge is 0.717 e. The van der Waals surface area contributed by atoms with E-state index in [0.717, 1.165) is 25.1 Å². The lowest BCUT2D eigenvalue weighted by molar-refractivity contribution is -0.375. The van der Waals surface area contributed by atoms with Crippen molar-refractivity contribution in [1.29, 1.82) is 0 Å². The Morgan fingerprint density at radius 1 is 1.25 bits per heavy atom. The van der Waals surface area contributed by atoms with E-state index < -0.39 is 5.97 Å². The topological polar surface area (TPSA) is 94.6 Å². The van der Waals surface area contributed by atoms with Crippen LogP contribution in [-0.2, 0) is 4.79 Å². The van der Waals surface area contributed by atoms with E-state index in [0.29, 0.717) is 11.4 Å². The number of hydrogen-bond acceptors (Lipinski definition) is 3. The van der Waals surface area contributed by atoms with E-state index in [2.05, 4.69) is 0 Å². The Kier molecular flexibility index (Phi) is 4.34. The lowest BCUT2D eigenvalue weighted by Crippen LogP contribution is -2.68. The number of Topliss-reactive ketones (excluding diaryl/α,β-unsaturated/α-hetero) is 1. The van der Waals surface area contributed by atoms with Gasteiger partial charge in [0.2, 0.25) is 0 Å². The van der Waals surface area contributed by atoms with Crippen LogP contribution in [0.3, 0.4) is 0 Å². The summed E-state index contributed by atoms with van der Waals surface area (Å²) in [6.45, 7) is 0.775.